The molecule has 0 fully saturated rings. The number of hydrogen-bond acceptors (Lipinski definition) is 3. The summed E-state index contributed by atoms with van der Waals surface area (Å²) in [6.45, 7) is 0. The Morgan fingerprint density at radius 3 is 2.18 bits per heavy atom. The zero-order chi connectivity index (χ0) is 9.02. The van der Waals surface area contributed by atoms with Gasteiger partial charge in [0.15, 0.2) is 0 Å². The van der Waals surface area contributed by atoms with Crippen molar-refractivity contribution in [3.8, 4) is 0 Å². The first-order valence-corrected chi connectivity index (χ1v) is 3.23. The van der Waals surface area contributed by atoms with Gasteiger partial charge < -0.3 is 15.9 Å². The highest BCUT2D eigenvalue weighted by Gasteiger charge is 2.23. The number of alkyl halides is 1. The first-order chi connectivity index (χ1) is 4.95. The quantitative estimate of drug-likeness (QED) is 0.507. The smallest absolute Gasteiger partial charge is 0.322 e. The van der Waals surface area contributed by atoms with E-state index in [-0.39, 0.29) is 0 Å². The fourth-order valence-corrected chi connectivity index (χ4v) is 0.688. The molecule has 0 aliphatic heterocycles. The molecule has 0 saturated heterocycles. The maximum atomic E-state index is 10.1. The van der Waals surface area contributed by atoms with Crippen molar-refractivity contribution in [1.82, 2.24) is 0 Å². The molecule has 0 radical (unpaired) electrons. The minimum absolute atomic E-state index is 0.449. The van der Waals surface area contributed by atoms with E-state index in [1.54, 1.807) is 0 Å². The SMILES string of the molecule is N[C@H](C(=O)O)[C@H](Cl)CC(=O)O. The van der Waals surface area contributed by atoms with E-state index >= 15 is 0 Å². The van der Waals surface area contributed by atoms with Crippen LogP contribution in [0, 0.1) is 0 Å². The lowest BCUT2D eigenvalue weighted by Gasteiger charge is -2.10. The molecule has 0 aromatic heterocycles. The summed E-state index contributed by atoms with van der Waals surface area (Å²) in [4.78, 5) is 20.1. The Labute approximate surface area is 67.8 Å². The maximum Gasteiger partial charge on any atom is 0.322 e. The number of aliphatic carboxylic acids is 2. The van der Waals surface area contributed by atoms with Gasteiger partial charge in [0, 0.05) is 0 Å². The van der Waals surface area contributed by atoms with E-state index < -0.39 is 29.8 Å². The normalized spacial score (nSPS) is 15.5. The number of carbonyl (C=O) groups is 2. The maximum absolute atomic E-state index is 10.1. The summed E-state index contributed by atoms with van der Waals surface area (Å²) in [6, 6.07) is -1.33. The van der Waals surface area contributed by atoms with Crippen molar-refractivity contribution in [2.45, 2.75) is 17.8 Å². The highest BCUT2D eigenvalue weighted by atomic mass is 35.5. The van der Waals surface area contributed by atoms with Crippen LogP contribution in [0.1, 0.15) is 6.42 Å². The highest BCUT2D eigenvalue weighted by Crippen LogP contribution is 2.05. The van der Waals surface area contributed by atoms with Crippen molar-refractivity contribution >= 4 is 23.5 Å². The van der Waals surface area contributed by atoms with E-state index in [2.05, 4.69) is 0 Å². The molecule has 4 N–H and O–H groups in total. The Hall–Kier alpha value is -0.810. The van der Waals surface area contributed by atoms with Crippen molar-refractivity contribution in [2.75, 3.05) is 0 Å². The van der Waals surface area contributed by atoms with E-state index in [9.17, 15) is 9.59 Å². The van der Waals surface area contributed by atoms with E-state index in [0.717, 1.165) is 0 Å². The lowest BCUT2D eigenvalue weighted by atomic mass is 10.1. The molecular formula is C5H8ClNO4. The molecule has 0 amide bonds. The molecule has 0 unspecified atom stereocenters. The second kappa shape index (κ2) is 4.15. The first-order valence-electron chi connectivity index (χ1n) is 2.79. The molecule has 11 heavy (non-hydrogen) atoms. The zero-order valence-electron chi connectivity index (χ0n) is 5.53. The van der Waals surface area contributed by atoms with Crippen LogP contribution in [0.5, 0.6) is 0 Å². The van der Waals surface area contributed by atoms with Gasteiger partial charge in [-0.05, 0) is 0 Å². The van der Waals surface area contributed by atoms with E-state index in [0.29, 0.717) is 0 Å². The minimum Gasteiger partial charge on any atom is -0.481 e. The van der Waals surface area contributed by atoms with Crippen molar-refractivity contribution in [1.29, 1.82) is 0 Å². The molecule has 2 atom stereocenters. The van der Waals surface area contributed by atoms with Gasteiger partial charge in [-0.15, -0.1) is 11.6 Å². The monoisotopic (exact) mass is 181 g/mol. The van der Waals surface area contributed by atoms with Crippen LogP contribution in [-0.4, -0.2) is 33.6 Å². The predicted molar refractivity (Wildman–Crippen MR) is 37.5 cm³/mol. The summed E-state index contributed by atoms with van der Waals surface area (Å²) < 4.78 is 0. The van der Waals surface area contributed by atoms with Crippen LogP contribution in [0.15, 0.2) is 0 Å². The molecular weight excluding hydrogens is 174 g/mol. The van der Waals surface area contributed by atoms with Crippen LogP contribution >= 0.6 is 11.6 Å². The molecule has 0 aromatic carbocycles. The molecule has 0 aliphatic rings. The summed E-state index contributed by atoms with van der Waals surface area (Å²) in [5.41, 5.74) is 5.01. The number of carboxylic acids is 2. The van der Waals surface area contributed by atoms with Crippen molar-refractivity contribution in [2.24, 2.45) is 5.73 Å². The second-order valence-corrected chi connectivity index (χ2v) is 2.54. The van der Waals surface area contributed by atoms with Gasteiger partial charge in [0.25, 0.3) is 0 Å². The third-order valence-corrected chi connectivity index (χ3v) is 1.47. The number of nitrogens with two attached hydrogens (primary N) is 1. The number of rotatable bonds is 4. The first kappa shape index (κ1) is 10.2. The lowest BCUT2D eigenvalue weighted by Crippen LogP contribution is -2.39. The Morgan fingerprint density at radius 1 is 1.45 bits per heavy atom. The second-order valence-electron chi connectivity index (χ2n) is 1.98. The standard InChI is InChI=1S/C5H8ClNO4/c6-2(1-3(8)9)4(7)5(10)11/h2,4H,1,7H2,(H,8,9)(H,10,11)/t2-,4+/m1/s1. The third kappa shape index (κ3) is 3.79. The van der Waals surface area contributed by atoms with Gasteiger partial charge in [-0.2, -0.15) is 0 Å². The van der Waals surface area contributed by atoms with Crippen molar-refractivity contribution in [3.05, 3.63) is 0 Å². The lowest BCUT2D eigenvalue weighted by molar-refractivity contribution is -0.139. The fraction of sp³-hybridized carbons (Fsp3) is 0.600. The molecule has 0 aromatic rings. The molecule has 5 nitrogen and oxygen atoms in total. The average molecular weight is 182 g/mol. The van der Waals surface area contributed by atoms with Gasteiger partial charge in [0.2, 0.25) is 0 Å². The van der Waals surface area contributed by atoms with Gasteiger partial charge in [-0.1, -0.05) is 0 Å². The summed E-state index contributed by atoms with van der Waals surface area (Å²) >= 11 is 5.33. The number of hydrogen-bond donors (Lipinski definition) is 3. The Balaban J connectivity index is 3.92. The van der Waals surface area contributed by atoms with E-state index in [1.807, 2.05) is 0 Å². The van der Waals surface area contributed by atoms with Crippen LogP contribution in [0.4, 0.5) is 0 Å². The van der Waals surface area contributed by atoms with Gasteiger partial charge in [-0.3, -0.25) is 9.59 Å². The summed E-state index contributed by atoms with van der Waals surface area (Å²) in [6.07, 6.45) is -0.449. The molecule has 0 heterocycles. The fourth-order valence-electron chi connectivity index (χ4n) is 0.448. The molecule has 0 rings (SSSR count). The number of halogens is 1. The van der Waals surface area contributed by atoms with Gasteiger partial charge in [0.1, 0.15) is 6.04 Å². The van der Waals surface area contributed by atoms with Gasteiger partial charge >= 0.3 is 11.9 Å². The summed E-state index contributed by atoms with van der Waals surface area (Å²) in [7, 11) is 0. The number of carboxylic acid groups (broad SMARTS) is 2. The van der Waals surface area contributed by atoms with E-state index in [1.165, 1.54) is 0 Å². The van der Waals surface area contributed by atoms with Crippen LogP contribution in [0.25, 0.3) is 0 Å². The molecule has 0 spiro atoms. The van der Waals surface area contributed by atoms with Gasteiger partial charge in [-0.25, -0.2) is 0 Å². The van der Waals surface area contributed by atoms with Crippen LogP contribution in [0.3, 0.4) is 0 Å². The molecule has 6 heteroatoms. The Kier molecular flexibility index (Phi) is 3.84. The Bertz CT molecular complexity index is 172. The van der Waals surface area contributed by atoms with Crippen LogP contribution < -0.4 is 5.73 Å². The average Bonchev–Trinajstić information content (AvgIpc) is 1.84. The topological polar surface area (TPSA) is 101 Å². The molecule has 0 saturated carbocycles. The molecule has 64 valence electrons. The van der Waals surface area contributed by atoms with Gasteiger partial charge in [0.05, 0.1) is 11.8 Å². The molecule has 0 aliphatic carbocycles. The zero-order valence-corrected chi connectivity index (χ0v) is 6.28. The summed E-state index contributed by atoms with van der Waals surface area (Å²) in [5.74, 6) is -2.46. The third-order valence-electron chi connectivity index (χ3n) is 1.04. The Morgan fingerprint density at radius 2 is 1.91 bits per heavy atom. The minimum atomic E-state index is -1.33. The molecule has 0 bridgehead atoms. The highest BCUT2D eigenvalue weighted by molar-refractivity contribution is 6.23. The van der Waals surface area contributed by atoms with E-state index in [4.69, 9.17) is 27.5 Å². The van der Waals surface area contributed by atoms with Crippen LogP contribution in [0.2, 0.25) is 0 Å². The predicted octanol–water partition coefficient (Wildman–Crippen LogP) is -0.520. The summed E-state index contributed by atoms with van der Waals surface area (Å²) in [5, 5.41) is 15.4. The van der Waals surface area contributed by atoms with Crippen molar-refractivity contribution in [3.63, 3.8) is 0 Å². The van der Waals surface area contributed by atoms with Crippen LogP contribution in [-0.2, 0) is 9.59 Å². The van der Waals surface area contributed by atoms with Crippen molar-refractivity contribution < 1.29 is 19.8 Å². The largest absolute Gasteiger partial charge is 0.481 e.